The smallest absolute Gasteiger partial charge is 0.328 e. The van der Waals surface area contributed by atoms with Gasteiger partial charge in [-0.15, -0.1) is 0 Å². The van der Waals surface area contributed by atoms with E-state index in [0.717, 1.165) is 11.6 Å². The molecular weight excluding hydrogens is 492 g/mol. The minimum atomic E-state index is -0.851. The van der Waals surface area contributed by atoms with Gasteiger partial charge >= 0.3 is 5.97 Å². The summed E-state index contributed by atoms with van der Waals surface area (Å²) in [6, 6.07) is 17.1. The number of ether oxygens (including phenoxy) is 2. The molecule has 1 unspecified atom stereocenters. The molecule has 3 aromatic rings. The van der Waals surface area contributed by atoms with Gasteiger partial charge in [0.05, 0.1) is 6.61 Å². The first-order valence-corrected chi connectivity index (χ1v) is 11.9. The lowest BCUT2D eigenvalue weighted by Crippen LogP contribution is -2.45. The molecule has 8 heteroatoms. The zero-order chi connectivity index (χ0) is 25.5. The van der Waals surface area contributed by atoms with E-state index in [0.29, 0.717) is 15.6 Å². The van der Waals surface area contributed by atoms with Crippen molar-refractivity contribution < 1.29 is 23.5 Å². The lowest BCUT2D eigenvalue weighted by atomic mass is 10.0. The fourth-order valence-corrected chi connectivity index (χ4v) is 3.82. The van der Waals surface area contributed by atoms with Crippen LogP contribution >= 0.6 is 23.2 Å². The quantitative estimate of drug-likeness (QED) is 0.324. The van der Waals surface area contributed by atoms with E-state index in [9.17, 15) is 9.59 Å². The first kappa shape index (κ1) is 26.5. The van der Waals surface area contributed by atoms with Crippen molar-refractivity contribution in [3.8, 4) is 5.75 Å². The van der Waals surface area contributed by atoms with E-state index < -0.39 is 29.8 Å². The average Bonchev–Trinajstić information content (AvgIpc) is 2.83. The molecule has 0 aliphatic heterocycles. The number of carbonyl (C=O) groups excluding carboxylic acids is 2. The largest absolute Gasteiger partial charge is 0.478 e. The summed E-state index contributed by atoms with van der Waals surface area (Å²) in [7, 11) is 0. The molecule has 184 valence electrons. The van der Waals surface area contributed by atoms with E-state index in [1.54, 1.807) is 63.2 Å². The Morgan fingerprint density at radius 2 is 1.69 bits per heavy atom. The van der Waals surface area contributed by atoms with Gasteiger partial charge in [0.1, 0.15) is 6.04 Å². The molecule has 1 amide bonds. The number of hydrogen-bond donors (Lipinski definition) is 1. The van der Waals surface area contributed by atoms with E-state index in [1.807, 2.05) is 6.07 Å². The van der Waals surface area contributed by atoms with Gasteiger partial charge in [0.25, 0.3) is 5.91 Å². The molecule has 3 rings (SSSR count). The molecule has 0 radical (unpaired) electrons. The molecule has 5 nitrogen and oxygen atoms in total. The second-order valence-electron chi connectivity index (χ2n) is 8.16. The third-order valence-electron chi connectivity index (χ3n) is 5.29. The van der Waals surface area contributed by atoms with Gasteiger partial charge in [-0.2, -0.15) is 0 Å². The molecule has 0 aliphatic carbocycles. The monoisotopic (exact) mass is 517 g/mol. The van der Waals surface area contributed by atoms with E-state index >= 15 is 4.39 Å². The molecule has 0 spiro atoms. The summed E-state index contributed by atoms with van der Waals surface area (Å²) in [6.45, 7) is 5.44. The molecule has 3 aromatic carbocycles. The van der Waals surface area contributed by atoms with Crippen LogP contribution in [0.25, 0.3) is 0 Å². The lowest BCUT2D eigenvalue weighted by Gasteiger charge is -2.22. The molecule has 0 saturated heterocycles. The van der Waals surface area contributed by atoms with Crippen LogP contribution < -0.4 is 10.1 Å². The number of benzene rings is 3. The van der Waals surface area contributed by atoms with Crippen molar-refractivity contribution in [2.24, 2.45) is 5.92 Å². The highest BCUT2D eigenvalue weighted by Crippen LogP contribution is 2.34. The molecule has 0 aromatic heterocycles. The second-order valence-corrected chi connectivity index (χ2v) is 9.01. The highest BCUT2D eigenvalue weighted by atomic mass is 35.5. The van der Waals surface area contributed by atoms with Gasteiger partial charge in [0.15, 0.2) is 17.7 Å². The lowest BCUT2D eigenvalue weighted by molar-refractivity contribution is -0.146. The highest BCUT2D eigenvalue weighted by molar-refractivity contribution is 6.31. The highest BCUT2D eigenvalue weighted by Gasteiger charge is 2.27. The van der Waals surface area contributed by atoms with Crippen LogP contribution in [-0.4, -0.2) is 24.5 Å². The van der Waals surface area contributed by atoms with Crippen LogP contribution in [0.5, 0.6) is 5.75 Å². The Morgan fingerprint density at radius 3 is 2.29 bits per heavy atom. The van der Waals surface area contributed by atoms with Crippen LogP contribution in [0.4, 0.5) is 4.39 Å². The van der Waals surface area contributed by atoms with Crippen LogP contribution in [0.2, 0.25) is 10.0 Å². The predicted octanol–water partition coefficient (Wildman–Crippen LogP) is 6.62. The fraction of sp³-hybridized carbons (Fsp3) is 0.259. The Bertz CT molecular complexity index is 1180. The number of carbonyl (C=O) groups is 2. The molecule has 0 saturated carbocycles. The van der Waals surface area contributed by atoms with Gasteiger partial charge in [0.2, 0.25) is 0 Å². The van der Waals surface area contributed by atoms with Gasteiger partial charge < -0.3 is 14.8 Å². The van der Waals surface area contributed by atoms with Gasteiger partial charge in [0, 0.05) is 21.2 Å². The van der Waals surface area contributed by atoms with Crippen molar-refractivity contribution in [1.29, 1.82) is 0 Å². The third-order valence-corrected chi connectivity index (χ3v) is 5.89. The zero-order valence-electron chi connectivity index (χ0n) is 19.6. The minimum absolute atomic E-state index is 0.0468. The Labute approximate surface area is 214 Å². The maximum Gasteiger partial charge on any atom is 0.328 e. The summed E-state index contributed by atoms with van der Waals surface area (Å²) in [5.74, 6) is -2.14. The van der Waals surface area contributed by atoms with Gasteiger partial charge in [-0.25, -0.2) is 9.18 Å². The molecule has 35 heavy (non-hydrogen) atoms. The second kappa shape index (κ2) is 12.0. The van der Waals surface area contributed by atoms with Gasteiger partial charge in [-0.1, -0.05) is 67.4 Å². The molecule has 0 heterocycles. The molecule has 2 atom stereocenters. The number of nitrogens with one attached hydrogen (secondary N) is 1. The Hall–Kier alpha value is -3.09. The van der Waals surface area contributed by atoms with Crippen LogP contribution in [0.1, 0.15) is 48.4 Å². The van der Waals surface area contributed by atoms with Gasteiger partial charge in [-0.05, 0) is 54.8 Å². The Kier molecular flexibility index (Phi) is 9.13. The van der Waals surface area contributed by atoms with E-state index in [-0.39, 0.29) is 23.8 Å². The van der Waals surface area contributed by atoms with E-state index in [4.69, 9.17) is 32.7 Å². The van der Waals surface area contributed by atoms with Crippen molar-refractivity contribution in [3.63, 3.8) is 0 Å². The van der Waals surface area contributed by atoms with Crippen molar-refractivity contribution in [1.82, 2.24) is 5.32 Å². The molecule has 1 N–H and O–H groups in total. The summed E-state index contributed by atoms with van der Waals surface area (Å²) >= 11 is 12.4. The zero-order valence-corrected chi connectivity index (χ0v) is 21.1. The van der Waals surface area contributed by atoms with E-state index in [1.165, 1.54) is 12.1 Å². The van der Waals surface area contributed by atoms with Crippen LogP contribution in [0, 0.1) is 11.7 Å². The summed E-state index contributed by atoms with van der Waals surface area (Å²) in [5.41, 5.74) is 1.41. The summed E-state index contributed by atoms with van der Waals surface area (Å²) in [5, 5.41) is 3.63. The maximum absolute atomic E-state index is 15.1. The maximum atomic E-state index is 15.1. The van der Waals surface area contributed by atoms with Crippen molar-refractivity contribution >= 4 is 35.1 Å². The standard InChI is InChI=1S/C27H26Cl2FNO4/c1-4-34-27(33)24(16(2)3)31-26(32)18-11-14-23(22(30)15-18)35-25(17-9-12-19(28)13-10-17)20-7-5-6-8-21(20)29/h5-16,24-25H,4H2,1-3H3,(H,31,32)/t24-,25?/m1/s1. The first-order chi connectivity index (χ1) is 16.7. The van der Waals surface area contributed by atoms with Crippen molar-refractivity contribution in [3.05, 3.63) is 99.3 Å². The number of esters is 1. The Morgan fingerprint density at radius 1 is 1.00 bits per heavy atom. The molecule has 0 aliphatic rings. The SMILES string of the molecule is CCOC(=O)[C@H](NC(=O)c1ccc(OC(c2ccc(Cl)cc2)c2ccccc2Cl)c(F)c1)C(C)C. The van der Waals surface area contributed by atoms with Crippen LogP contribution in [0.3, 0.4) is 0 Å². The average molecular weight is 518 g/mol. The molecule has 0 fully saturated rings. The third kappa shape index (κ3) is 6.74. The predicted molar refractivity (Wildman–Crippen MR) is 135 cm³/mol. The number of amides is 1. The number of halogens is 3. The normalized spacial score (nSPS) is 12.7. The minimum Gasteiger partial charge on any atom is -0.478 e. The molecule has 0 bridgehead atoms. The van der Waals surface area contributed by atoms with Crippen molar-refractivity contribution in [2.75, 3.05) is 6.61 Å². The topological polar surface area (TPSA) is 64.6 Å². The van der Waals surface area contributed by atoms with Crippen molar-refractivity contribution in [2.45, 2.75) is 32.9 Å². The van der Waals surface area contributed by atoms with Gasteiger partial charge in [-0.3, -0.25) is 4.79 Å². The van der Waals surface area contributed by atoms with E-state index in [2.05, 4.69) is 5.32 Å². The molecular formula is C27H26Cl2FNO4. The number of hydrogen-bond acceptors (Lipinski definition) is 4. The summed E-state index contributed by atoms with van der Waals surface area (Å²) < 4.78 is 26.2. The Balaban J connectivity index is 1.87. The number of rotatable bonds is 9. The first-order valence-electron chi connectivity index (χ1n) is 11.1. The fourth-order valence-electron chi connectivity index (χ4n) is 3.46. The summed E-state index contributed by atoms with van der Waals surface area (Å²) in [4.78, 5) is 24.9. The summed E-state index contributed by atoms with van der Waals surface area (Å²) in [6.07, 6.45) is -0.718. The van der Waals surface area contributed by atoms with Crippen LogP contribution in [0.15, 0.2) is 66.7 Å². The van der Waals surface area contributed by atoms with Crippen LogP contribution in [-0.2, 0) is 9.53 Å².